The second kappa shape index (κ2) is 6.58. The first-order valence-electron chi connectivity index (χ1n) is 6.06. The fourth-order valence-electron chi connectivity index (χ4n) is 1.71. The summed E-state index contributed by atoms with van der Waals surface area (Å²) in [7, 11) is 1.54. The number of methoxy groups -OCH3 is 1. The predicted molar refractivity (Wildman–Crippen MR) is 80.6 cm³/mol. The monoisotopic (exact) mass is 353 g/mol. The van der Waals surface area contributed by atoms with Gasteiger partial charge < -0.3 is 15.2 Å². The van der Waals surface area contributed by atoms with Crippen molar-refractivity contribution in [3.8, 4) is 5.75 Å². The molecule has 2 aromatic carbocycles. The number of anilines is 1. The summed E-state index contributed by atoms with van der Waals surface area (Å²) >= 11 is 3.35. The molecule has 21 heavy (non-hydrogen) atoms. The average molecular weight is 354 g/mol. The quantitative estimate of drug-likeness (QED) is 0.674. The maximum absolute atomic E-state index is 13.6. The van der Waals surface area contributed by atoms with Crippen LogP contribution < -0.4 is 10.5 Å². The standard InChI is InChI=1S/C15H13BrFNO3/c1-20-11-3-5-13(16)9(6-11)8-21-15(19)12-4-2-10(18)7-14(12)17/h2-7H,8,18H2,1H3. The summed E-state index contributed by atoms with van der Waals surface area (Å²) in [6, 6.07) is 9.12. The van der Waals surface area contributed by atoms with Gasteiger partial charge in [-0.15, -0.1) is 0 Å². The maximum atomic E-state index is 13.6. The molecule has 0 amide bonds. The number of esters is 1. The topological polar surface area (TPSA) is 61.5 Å². The van der Waals surface area contributed by atoms with Crippen molar-refractivity contribution >= 4 is 27.6 Å². The van der Waals surface area contributed by atoms with Crippen LogP contribution in [0.2, 0.25) is 0 Å². The van der Waals surface area contributed by atoms with E-state index >= 15 is 0 Å². The van der Waals surface area contributed by atoms with E-state index in [0.717, 1.165) is 16.1 Å². The van der Waals surface area contributed by atoms with E-state index in [1.165, 1.54) is 12.1 Å². The van der Waals surface area contributed by atoms with Gasteiger partial charge in [0.15, 0.2) is 0 Å². The minimum Gasteiger partial charge on any atom is -0.497 e. The van der Waals surface area contributed by atoms with Gasteiger partial charge in [-0.2, -0.15) is 0 Å². The second-order valence-electron chi connectivity index (χ2n) is 4.27. The van der Waals surface area contributed by atoms with Crippen LogP contribution in [0.15, 0.2) is 40.9 Å². The summed E-state index contributed by atoms with van der Waals surface area (Å²) in [4.78, 5) is 11.9. The van der Waals surface area contributed by atoms with Gasteiger partial charge in [-0.25, -0.2) is 9.18 Å². The summed E-state index contributed by atoms with van der Waals surface area (Å²) in [6.45, 7) is 0.000430. The van der Waals surface area contributed by atoms with Crippen LogP contribution in [-0.2, 0) is 11.3 Å². The van der Waals surface area contributed by atoms with Crippen molar-refractivity contribution in [2.45, 2.75) is 6.61 Å². The lowest BCUT2D eigenvalue weighted by molar-refractivity contribution is 0.0466. The van der Waals surface area contributed by atoms with Gasteiger partial charge in [0.05, 0.1) is 12.7 Å². The number of halogens is 2. The van der Waals surface area contributed by atoms with E-state index in [1.54, 1.807) is 25.3 Å². The van der Waals surface area contributed by atoms with Crippen LogP contribution in [0.25, 0.3) is 0 Å². The molecule has 0 aromatic heterocycles. The summed E-state index contributed by atoms with van der Waals surface area (Å²) in [6.07, 6.45) is 0. The van der Waals surface area contributed by atoms with Crippen molar-refractivity contribution in [3.05, 3.63) is 57.8 Å². The highest BCUT2D eigenvalue weighted by molar-refractivity contribution is 9.10. The number of ether oxygens (including phenoxy) is 2. The number of rotatable bonds is 4. The Kier molecular flexibility index (Phi) is 4.80. The Morgan fingerprint density at radius 1 is 1.29 bits per heavy atom. The molecular formula is C15H13BrFNO3. The van der Waals surface area contributed by atoms with Gasteiger partial charge in [0.2, 0.25) is 0 Å². The molecule has 0 saturated carbocycles. The molecule has 0 saturated heterocycles. The van der Waals surface area contributed by atoms with Gasteiger partial charge in [0.25, 0.3) is 0 Å². The first kappa shape index (κ1) is 15.3. The molecule has 0 bridgehead atoms. The summed E-state index contributed by atoms with van der Waals surface area (Å²) in [5, 5.41) is 0. The molecule has 110 valence electrons. The fraction of sp³-hybridized carbons (Fsp3) is 0.133. The lowest BCUT2D eigenvalue weighted by Gasteiger charge is -2.09. The van der Waals surface area contributed by atoms with Crippen molar-refractivity contribution in [1.29, 1.82) is 0 Å². The summed E-state index contributed by atoms with van der Waals surface area (Å²) in [5.74, 6) is -0.810. The molecule has 0 fully saturated rings. The molecule has 0 aliphatic carbocycles. The molecule has 0 radical (unpaired) electrons. The summed E-state index contributed by atoms with van der Waals surface area (Å²) in [5.41, 5.74) is 6.25. The molecule has 2 aromatic rings. The van der Waals surface area contributed by atoms with Crippen molar-refractivity contribution in [2.24, 2.45) is 0 Å². The molecule has 0 unspecified atom stereocenters. The highest BCUT2D eigenvalue weighted by Crippen LogP contribution is 2.23. The van der Waals surface area contributed by atoms with Gasteiger partial charge in [0.1, 0.15) is 18.2 Å². The number of carbonyl (C=O) groups excluding carboxylic acids is 1. The Morgan fingerprint density at radius 3 is 2.71 bits per heavy atom. The van der Waals surface area contributed by atoms with Crippen LogP contribution in [0.5, 0.6) is 5.75 Å². The van der Waals surface area contributed by atoms with Gasteiger partial charge in [0, 0.05) is 15.7 Å². The fourth-order valence-corrected chi connectivity index (χ4v) is 2.07. The lowest BCUT2D eigenvalue weighted by Crippen LogP contribution is -2.08. The van der Waals surface area contributed by atoms with Gasteiger partial charge in [-0.05, 0) is 36.4 Å². The molecule has 2 N–H and O–H groups in total. The van der Waals surface area contributed by atoms with E-state index in [4.69, 9.17) is 15.2 Å². The third kappa shape index (κ3) is 3.72. The van der Waals surface area contributed by atoms with Gasteiger partial charge in [-0.3, -0.25) is 0 Å². The Labute approximate surface area is 129 Å². The Morgan fingerprint density at radius 2 is 2.05 bits per heavy atom. The van der Waals surface area contributed by atoms with Crippen LogP contribution in [0.1, 0.15) is 15.9 Å². The smallest absolute Gasteiger partial charge is 0.341 e. The molecule has 0 aliphatic heterocycles. The van der Waals surface area contributed by atoms with Crippen molar-refractivity contribution in [1.82, 2.24) is 0 Å². The first-order valence-corrected chi connectivity index (χ1v) is 6.85. The predicted octanol–water partition coefficient (Wildman–Crippen LogP) is 3.54. The zero-order valence-corrected chi connectivity index (χ0v) is 12.8. The first-order chi connectivity index (χ1) is 10.0. The molecule has 0 aliphatic rings. The Balaban J connectivity index is 2.10. The number of benzene rings is 2. The molecule has 0 spiro atoms. The minimum atomic E-state index is -0.748. The van der Waals surface area contributed by atoms with E-state index in [9.17, 15) is 9.18 Å². The molecule has 0 heterocycles. The zero-order valence-electron chi connectivity index (χ0n) is 11.2. The van der Waals surface area contributed by atoms with Gasteiger partial charge >= 0.3 is 5.97 Å². The van der Waals surface area contributed by atoms with Crippen LogP contribution in [-0.4, -0.2) is 13.1 Å². The number of hydrogen-bond acceptors (Lipinski definition) is 4. The molecule has 0 atom stereocenters. The van der Waals surface area contributed by atoms with Crippen molar-refractivity contribution in [2.75, 3.05) is 12.8 Å². The number of carbonyl (C=O) groups is 1. The van der Waals surface area contributed by atoms with Gasteiger partial charge in [-0.1, -0.05) is 15.9 Å². The summed E-state index contributed by atoms with van der Waals surface area (Å²) < 4.78 is 24.6. The second-order valence-corrected chi connectivity index (χ2v) is 5.13. The Bertz CT molecular complexity index is 676. The highest BCUT2D eigenvalue weighted by Gasteiger charge is 2.14. The normalized spacial score (nSPS) is 10.2. The van der Waals surface area contributed by atoms with E-state index in [1.807, 2.05) is 0 Å². The van der Waals surface area contributed by atoms with Crippen LogP contribution in [0.3, 0.4) is 0 Å². The van der Waals surface area contributed by atoms with E-state index in [2.05, 4.69) is 15.9 Å². The van der Waals surface area contributed by atoms with E-state index in [-0.39, 0.29) is 17.9 Å². The average Bonchev–Trinajstić information content (AvgIpc) is 2.46. The number of nitrogen functional groups attached to an aromatic ring is 1. The van der Waals surface area contributed by atoms with Crippen molar-refractivity contribution in [3.63, 3.8) is 0 Å². The van der Waals surface area contributed by atoms with Crippen LogP contribution >= 0.6 is 15.9 Å². The van der Waals surface area contributed by atoms with Crippen molar-refractivity contribution < 1.29 is 18.7 Å². The number of nitrogens with two attached hydrogens (primary N) is 1. The zero-order chi connectivity index (χ0) is 15.4. The largest absolute Gasteiger partial charge is 0.497 e. The lowest BCUT2D eigenvalue weighted by atomic mass is 10.2. The van der Waals surface area contributed by atoms with E-state index < -0.39 is 11.8 Å². The third-order valence-corrected chi connectivity index (χ3v) is 3.60. The SMILES string of the molecule is COc1ccc(Br)c(COC(=O)c2ccc(N)cc2F)c1. The molecule has 4 nitrogen and oxygen atoms in total. The van der Waals surface area contributed by atoms with Crippen LogP contribution in [0.4, 0.5) is 10.1 Å². The molecule has 6 heteroatoms. The highest BCUT2D eigenvalue weighted by atomic mass is 79.9. The molecule has 2 rings (SSSR count). The maximum Gasteiger partial charge on any atom is 0.341 e. The number of hydrogen-bond donors (Lipinski definition) is 1. The third-order valence-electron chi connectivity index (χ3n) is 2.82. The Hall–Kier alpha value is -2.08. The molecular weight excluding hydrogens is 341 g/mol. The van der Waals surface area contributed by atoms with Crippen LogP contribution in [0, 0.1) is 5.82 Å². The van der Waals surface area contributed by atoms with E-state index in [0.29, 0.717) is 5.75 Å². The minimum absolute atomic E-state index is 0.000430.